The van der Waals surface area contributed by atoms with Gasteiger partial charge in [0.2, 0.25) is 0 Å². The quantitative estimate of drug-likeness (QED) is 0.880. The molecule has 0 aliphatic heterocycles. The first-order chi connectivity index (χ1) is 9.91. The van der Waals surface area contributed by atoms with Crippen LogP contribution in [-0.4, -0.2) is 27.3 Å². The van der Waals surface area contributed by atoms with Crippen molar-refractivity contribution in [3.8, 4) is 0 Å². The van der Waals surface area contributed by atoms with Gasteiger partial charge in [-0.05, 0) is 41.8 Å². The van der Waals surface area contributed by atoms with Gasteiger partial charge in [-0.2, -0.15) is 16.4 Å². The lowest BCUT2D eigenvalue weighted by atomic mass is 10.1. The molecule has 1 amide bonds. The van der Waals surface area contributed by atoms with Gasteiger partial charge in [0.1, 0.15) is 5.56 Å². The van der Waals surface area contributed by atoms with E-state index in [9.17, 15) is 14.7 Å². The van der Waals surface area contributed by atoms with E-state index in [1.54, 1.807) is 19.9 Å². The van der Waals surface area contributed by atoms with Gasteiger partial charge in [-0.3, -0.25) is 9.59 Å². The van der Waals surface area contributed by atoms with Crippen LogP contribution in [0, 0.1) is 13.8 Å². The predicted molar refractivity (Wildman–Crippen MR) is 80.6 cm³/mol. The molecule has 1 unspecified atom stereocenters. The van der Waals surface area contributed by atoms with E-state index in [0.717, 1.165) is 10.2 Å². The van der Waals surface area contributed by atoms with Crippen LogP contribution >= 0.6 is 11.3 Å². The second-order valence-corrected chi connectivity index (χ2v) is 5.58. The van der Waals surface area contributed by atoms with Crippen LogP contribution in [0.15, 0.2) is 21.6 Å². The Morgan fingerprint density at radius 1 is 1.52 bits per heavy atom. The molecule has 1 atom stereocenters. The number of carbonyl (C=O) groups is 1. The lowest BCUT2D eigenvalue weighted by Crippen LogP contribution is -2.36. The van der Waals surface area contributed by atoms with Gasteiger partial charge in [-0.15, -0.1) is 0 Å². The summed E-state index contributed by atoms with van der Waals surface area (Å²) in [5, 5.41) is 20.2. The average molecular weight is 307 g/mol. The molecule has 0 aliphatic carbocycles. The highest BCUT2D eigenvalue weighted by atomic mass is 32.1. The van der Waals surface area contributed by atoms with E-state index in [0.29, 0.717) is 11.3 Å². The van der Waals surface area contributed by atoms with Crippen LogP contribution < -0.4 is 10.9 Å². The maximum atomic E-state index is 12.2. The van der Waals surface area contributed by atoms with Crippen LogP contribution in [0.2, 0.25) is 0 Å². The Balaban J connectivity index is 2.16. The number of aryl methyl sites for hydroxylation is 2. The molecule has 6 nitrogen and oxygen atoms in total. The minimum absolute atomic E-state index is 0.0551. The zero-order chi connectivity index (χ0) is 15.6. The van der Waals surface area contributed by atoms with Crippen molar-refractivity contribution in [3.63, 3.8) is 0 Å². The van der Waals surface area contributed by atoms with Gasteiger partial charge >= 0.3 is 0 Å². The van der Waals surface area contributed by atoms with E-state index in [1.165, 1.54) is 18.4 Å². The molecule has 2 aromatic heterocycles. The summed E-state index contributed by atoms with van der Waals surface area (Å²) in [6, 6.07) is 1.79. The molecule has 0 fully saturated rings. The van der Waals surface area contributed by atoms with Crippen LogP contribution in [0.1, 0.15) is 33.3 Å². The van der Waals surface area contributed by atoms with E-state index in [-0.39, 0.29) is 12.1 Å². The van der Waals surface area contributed by atoms with Crippen molar-refractivity contribution < 1.29 is 9.90 Å². The fourth-order valence-corrected chi connectivity index (χ4v) is 2.68. The Bertz CT molecular complexity index is 707. The van der Waals surface area contributed by atoms with E-state index in [2.05, 4.69) is 10.4 Å². The number of thiophene rings is 1. The number of hydrogen-bond acceptors (Lipinski definition) is 5. The number of aromatic nitrogens is 2. The Morgan fingerprint density at radius 2 is 2.24 bits per heavy atom. The average Bonchev–Trinajstić information content (AvgIpc) is 2.97. The SMILES string of the molecule is Cc1nn(C)c(=O)c(C(=O)NCC(O)c2ccsc2)c1C. The zero-order valence-electron chi connectivity index (χ0n) is 12.1. The van der Waals surface area contributed by atoms with Crippen LogP contribution in [0.4, 0.5) is 0 Å². The van der Waals surface area contributed by atoms with Gasteiger partial charge in [-0.1, -0.05) is 0 Å². The smallest absolute Gasteiger partial charge is 0.279 e. The topological polar surface area (TPSA) is 84.2 Å². The van der Waals surface area contributed by atoms with Crippen molar-refractivity contribution in [1.29, 1.82) is 0 Å². The first-order valence-electron chi connectivity index (χ1n) is 6.44. The highest BCUT2D eigenvalue weighted by Crippen LogP contribution is 2.15. The predicted octanol–water partition coefficient (Wildman–Crippen LogP) is 0.922. The molecule has 112 valence electrons. The van der Waals surface area contributed by atoms with Crippen molar-refractivity contribution in [1.82, 2.24) is 15.1 Å². The highest BCUT2D eigenvalue weighted by Gasteiger charge is 2.19. The molecule has 0 saturated carbocycles. The summed E-state index contributed by atoms with van der Waals surface area (Å²) in [6.45, 7) is 3.49. The molecule has 0 radical (unpaired) electrons. The fraction of sp³-hybridized carbons (Fsp3) is 0.357. The molecular weight excluding hydrogens is 290 g/mol. The monoisotopic (exact) mass is 307 g/mol. The summed E-state index contributed by atoms with van der Waals surface area (Å²) in [5.41, 5.74) is 1.56. The van der Waals surface area contributed by atoms with Crippen molar-refractivity contribution >= 4 is 17.2 Å². The summed E-state index contributed by atoms with van der Waals surface area (Å²) in [7, 11) is 1.51. The van der Waals surface area contributed by atoms with Gasteiger partial charge in [0.15, 0.2) is 0 Å². The number of aliphatic hydroxyl groups excluding tert-OH is 1. The lowest BCUT2D eigenvalue weighted by molar-refractivity contribution is 0.0913. The standard InChI is InChI=1S/C14H17N3O3S/c1-8-9(2)16-17(3)14(20)12(8)13(19)15-6-11(18)10-4-5-21-7-10/h4-5,7,11,18H,6H2,1-3H3,(H,15,19). The van der Waals surface area contributed by atoms with Crippen LogP contribution in [0.25, 0.3) is 0 Å². The Hall–Kier alpha value is -1.99. The zero-order valence-corrected chi connectivity index (χ0v) is 12.9. The molecule has 0 spiro atoms. The summed E-state index contributed by atoms with van der Waals surface area (Å²) in [5.74, 6) is -0.493. The van der Waals surface area contributed by atoms with Crippen molar-refractivity contribution in [2.45, 2.75) is 20.0 Å². The van der Waals surface area contributed by atoms with E-state index in [1.807, 2.05) is 10.8 Å². The van der Waals surface area contributed by atoms with E-state index in [4.69, 9.17) is 0 Å². The van der Waals surface area contributed by atoms with Gasteiger partial charge in [0.05, 0.1) is 11.8 Å². The molecule has 0 saturated heterocycles. The normalized spacial score (nSPS) is 12.2. The summed E-state index contributed by atoms with van der Waals surface area (Å²) in [4.78, 5) is 24.2. The molecule has 2 N–H and O–H groups in total. The van der Waals surface area contributed by atoms with Gasteiger partial charge < -0.3 is 10.4 Å². The number of nitrogens with zero attached hydrogens (tertiary/aromatic N) is 2. The van der Waals surface area contributed by atoms with Crippen LogP contribution in [0.5, 0.6) is 0 Å². The third-order valence-corrected chi connectivity index (χ3v) is 4.04. The van der Waals surface area contributed by atoms with Crippen molar-refractivity contribution in [2.24, 2.45) is 7.05 Å². The minimum Gasteiger partial charge on any atom is -0.387 e. The van der Waals surface area contributed by atoms with Gasteiger partial charge in [-0.25, -0.2) is 4.68 Å². The molecule has 2 aromatic rings. The second kappa shape index (κ2) is 6.19. The number of amides is 1. The number of rotatable bonds is 4. The largest absolute Gasteiger partial charge is 0.387 e. The van der Waals surface area contributed by atoms with Crippen LogP contribution in [-0.2, 0) is 7.05 Å². The maximum absolute atomic E-state index is 12.2. The van der Waals surface area contributed by atoms with E-state index >= 15 is 0 Å². The lowest BCUT2D eigenvalue weighted by Gasteiger charge is -2.13. The summed E-state index contributed by atoms with van der Waals surface area (Å²) >= 11 is 1.47. The highest BCUT2D eigenvalue weighted by molar-refractivity contribution is 7.07. The van der Waals surface area contributed by atoms with Crippen molar-refractivity contribution in [3.05, 3.63) is 49.6 Å². The fourth-order valence-electron chi connectivity index (χ4n) is 1.98. The third kappa shape index (κ3) is 3.20. The Kier molecular flexibility index (Phi) is 4.54. The maximum Gasteiger partial charge on any atom is 0.279 e. The molecule has 2 heterocycles. The molecule has 0 bridgehead atoms. The first-order valence-corrected chi connectivity index (χ1v) is 7.39. The van der Waals surface area contributed by atoms with Crippen molar-refractivity contribution in [2.75, 3.05) is 6.54 Å². The molecular formula is C14H17N3O3S. The molecule has 0 aliphatic rings. The minimum atomic E-state index is -0.785. The molecule has 21 heavy (non-hydrogen) atoms. The van der Waals surface area contributed by atoms with Gasteiger partial charge in [0.25, 0.3) is 11.5 Å². The summed E-state index contributed by atoms with van der Waals surface area (Å²) < 4.78 is 1.15. The Labute approximate surface area is 126 Å². The molecule has 0 aromatic carbocycles. The van der Waals surface area contributed by atoms with E-state index < -0.39 is 17.6 Å². The molecule has 2 rings (SSSR count). The van der Waals surface area contributed by atoms with Crippen LogP contribution in [0.3, 0.4) is 0 Å². The Morgan fingerprint density at radius 3 is 2.86 bits per heavy atom. The number of hydrogen-bond donors (Lipinski definition) is 2. The third-order valence-electron chi connectivity index (χ3n) is 3.34. The van der Waals surface area contributed by atoms with Gasteiger partial charge in [0, 0.05) is 13.6 Å². The summed E-state index contributed by atoms with van der Waals surface area (Å²) in [6.07, 6.45) is -0.785. The number of carbonyl (C=O) groups excluding carboxylic acids is 1. The number of aliphatic hydroxyl groups is 1. The first kappa shape index (κ1) is 15.4. The number of nitrogens with one attached hydrogen (secondary N) is 1. The molecule has 7 heteroatoms. The second-order valence-electron chi connectivity index (χ2n) is 4.80.